The number of hydrogen-bond acceptors (Lipinski definition) is 11. The maximum Gasteiger partial charge on any atom is 0.218 e. The summed E-state index contributed by atoms with van der Waals surface area (Å²) in [5.74, 6) is 1.99. The quantitative estimate of drug-likeness (QED) is 0.0270. The van der Waals surface area contributed by atoms with E-state index in [0.717, 1.165) is 61.3 Å². The standard InChI is InChI=1S/C44H52F2N8O2.C7H12N2O2.CH2O/c1-28-22-34(23-29(2)41(28)45)54-43(51(6)19-20-52(27-55)40-15-14-39-36(42(40)46)26-49-53(39)33-11-12-33)35(38(50-54)16-18-48-5)9-7-8-31-24-30(10-13-37(31)47)32-17-21-56-44(3,4)25-32;1-5-3-6(5)7(8-4-10)9-11-2;1-2/h7-8,10,13-15,19-20,22-24,26-27,32-33,48H,9,11-12,16-18,21,25,47H2,1-6H3;4-6H,3H2,1-2H3,(H,8,9,10);1H2/b8-7+,20-19-;;. The lowest BCUT2D eigenvalue weighted by Gasteiger charge is -2.36. The second kappa shape index (κ2) is 23.1. The maximum atomic E-state index is 15.9. The number of amides is 2. The van der Waals surface area contributed by atoms with Crippen molar-refractivity contribution < 1.29 is 32.7 Å². The van der Waals surface area contributed by atoms with Gasteiger partial charge in [-0.25, -0.2) is 13.5 Å². The van der Waals surface area contributed by atoms with Crippen molar-refractivity contribution in [3.63, 3.8) is 0 Å². The molecule has 0 bridgehead atoms. The Hall–Kier alpha value is -6.72. The topological polar surface area (TPSA) is 174 Å². The molecule has 4 N–H and O–H groups in total. The summed E-state index contributed by atoms with van der Waals surface area (Å²) in [6.07, 6.45) is 16.3. The van der Waals surface area contributed by atoms with Crippen LogP contribution in [0.25, 0.3) is 22.7 Å². The number of amidine groups is 1. The van der Waals surface area contributed by atoms with Crippen molar-refractivity contribution >= 4 is 59.6 Å². The van der Waals surface area contributed by atoms with E-state index in [1.54, 1.807) is 38.2 Å². The smallest absolute Gasteiger partial charge is 0.218 e. The molecule has 2 amide bonds. The Labute approximate surface area is 403 Å². The molecule has 3 unspecified atom stereocenters. The molecular weight excluding hydrogens is 883 g/mol. The highest BCUT2D eigenvalue weighted by atomic mass is 19.1. The number of oxime groups is 1. The molecule has 1 saturated heterocycles. The molecule has 3 aromatic carbocycles. The van der Waals surface area contributed by atoms with Crippen molar-refractivity contribution in [2.75, 3.05) is 49.9 Å². The van der Waals surface area contributed by atoms with E-state index in [0.29, 0.717) is 95.2 Å². The zero-order chi connectivity index (χ0) is 50.0. The Bertz CT molecular complexity index is 2670. The number of hydrogen-bond donors (Lipinski definition) is 3. The van der Waals surface area contributed by atoms with Gasteiger partial charge in [-0.15, -0.1) is 0 Å². The third-order valence-electron chi connectivity index (χ3n) is 12.8. The number of carbonyl (C=O) groups excluding carboxylic acids is 3. The molecule has 69 heavy (non-hydrogen) atoms. The first-order valence-corrected chi connectivity index (χ1v) is 23.3. The summed E-state index contributed by atoms with van der Waals surface area (Å²) in [6.45, 7) is 13.3. The van der Waals surface area contributed by atoms with E-state index < -0.39 is 5.82 Å². The van der Waals surface area contributed by atoms with Gasteiger partial charge in [0.25, 0.3) is 0 Å². The fraction of sp³-hybridized carbons (Fsp3) is 0.423. The van der Waals surface area contributed by atoms with Gasteiger partial charge in [-0.1, -0.05) is 30.3 Å². The Morgan fingerprint density at radius 3 is 2.42 bits per heavy atom. The molecule has 2 aliphatic carbocycles. The number of nitrogens with zero attached hydrogens (tertiary/aromatic N) is 7. The number of nitrogen functional groups attached to an aromatic ring is 1. The first kappa shape index (κ1) is 51.7. The van der Waals surface area contributed by atoms with Crippen molar-refractivity contribution in [3.05, 3.63) is 112 Å². The van der Waals surface area contributed by atoms with E-state index in [-0.39, 0.29) is 17.1 Å². The van der Waals surface area contributed by atoms with Gasteiger partial charge in [0.2, 0.25) is 12.8 Å². The van der Waals surface area contributed by atoms with E-state index in [4.69, 9.17) is 20.4 Å². The van der Waals surface area contributed by atoms with Gasteiger partial charge in [-0.05, 0) is 144 Å². The lowest BCUT2D eigenvalue weighted by molar-refractivity contribution is -0.108. The van der Waals surface area contributed by atoms with Crippen molar-refractivity contribution in [2.24, 2.45) is 17.0 Å². The molecule has 17 heteroatoms. The molecule has 0 spiro atoms. The minimum absolute atomic E-state index is 0.118. The van der Waals surface area contributed by atoms with Crippen LogP contribution in [0.1, 0.15) is 98.3 Å². The number of anilines is 3. The minimum Gasteiger partial charge on any atom is -0.398 e. The summed E-state index contributed by atoms with van der Waals surface area (Å²) in [5, 5.41) is 19.4. The number of likely N-dealkylation sites (N-methyl/N-ethyl adjacent to an activating group) is 1. The number of benzene rings is 3. The van der Waals surface area contributed by atoms with Gasteiger partial charge in [0.05, 0.1) is 45.8 Å². The first-order chi connectivity index (χ1) is 33.2. The highest BCUT2D eigenvalue weighted by Crippen LogP contribution is 2.40. The largest absolute Gasteiger partial charge is 0.398 e. The first-order valence-electron chi connectivity index (χ1n) is 23.3. The van der Waals surface area contributed by atoms with Crippen LogP contribution in [0, 0.1) is 37.3 Å². The minimum atomic E-state index is -0.514. The van der Waals surface area contributed by atoms with Crippen molar-refractivity contribution in [2.45, 2.75) is 97.1 Å². The molecule has 3 fully saturated rings. The molecule has 8 rings (SSSR count). The highest BCUT2D eigenvalue weighted by molar-refractivity contribution is 5.93. The van der Waals surface area contributed by atoms with Crippen LogP contribution in [0.15, 0.2) is 72.3 Å². The maximum absolute atomic E-state index is 15.9. The molecule has 0 radical (unpaired) electrons. The van der Waals surface area contributed by atoms with Gasteiger partial charge in [0.15, 0.2) is 11.7 Å². The third-order valence-corrected chi connectivity index (χ3v) is 12.8. The number of halogens is 2. The number of fused-ring (bicyclic) bond motifs is 1. The Balaban J connectivity index is 0.000000526. The number of aromatic nitrogens is 4. The highest BCUT2D eigenvalue weighted by Gasteiger charge is 2.38. The van der Waals surface area contributed by atoms with Crippen molar-refractivity contribution in [1.82, 2.24) is 30.2 Å². The number of nitrogens with one attached hydrogen (secondary N) is 2. The predicted molar refractivity (Wildman–Crippen MR) is 268 cm³/mol. The van der Waals surface area contributed by atoms with Gasteiger partial charge in [-0.2, -0.15) is 10.2 Å². The number of aryl methyl sites for hydroxylation is 2. The summed E-state index contributed by atoms with van der Waals surface area (Å²) in [6, 6.07) is 13.6. The van der Waals surface area contributed by atoms with E-state index in [9.17, 15) is 14.0 Å². The van der Waals surface area contributed by atoms with Crippen molar-refractivity contribution in [3.8, 4) is 5.69 Å². The van der Waals surface area contributed by atoms with E-state index in [1.807, 2.05) is 47.3 Å². The Morgan fingerprint density at radius 1 is 1.07 bits per heavy atom. The molecule has 3 atom stereocenters. The Kier molecular flexibility index (Phi) is 17.3. The molecule has 5 aromatic rings. The second-order valence-electron chi connectivity index (χ2n) is 18.5. The van der Waals surface area contributed by atoms with Crippen LogP contribution in [-0.4, -0.2) is 85.0 Å². The lowest BCUT2D eigenvalue weighted by atomic mass is 9.83. The van der Waals surface area contributed by atoms with Crippen LogP contribution in [0.3, 0.4) is 0 Å². The summed E-state index contributed by atoms with van der Waals surface area (Å²) in [5.41, 5.74) is 13.6. The Morgan fingerprint density at radius 2 is 1.80 bits per heavy atom. The number of allylic oxidation sites excluding steroid dienone is 1. The van der Waals surface area contributed by atoms with Crippen LogP contribution in [0.5, 0.6) is 0 Å². The fourth-order valence-corrected chi connectivity index (χ4v) is 8.90. The molecule has 15 nitrogen and oxygen atoms in total. The van der Waals surface area contributed by atoms with E-state index in [2.05, 4.69) is 70.8 Å². The summed E-state index contributed by atoms with van der Waals surface area (Å²) in [4.78, 5) is 38.2. The number of nitrogens with two attached hydrogens (primary N) is 1. The molecule has 3 aliphatic rings. The lowest BCUT2D eigenvalue weighted by Crippen LogP contribution is -2.33. The fourth-order valence-electron chi connectivity index (χ4n) is 8.90. The zero-order valence-corrected chi connectivity index (χ0v) is 41.0. The number of carbonyl (C=O) groups is 3. The van der Waals surface area contributed by atoms with Crippen LogP contribution >= 0.6 is 0 Å². The molecule has 3 heterocycles. The second-order valence-corrected chi connectivity index (χ2v) is 18.5. The van der Waals surface area contributed by atoms with Crippen LogP contribution in [-0.2, 0) is 36.8 Å². The van der Waals surface area contributed by atoms with Crippen molar-refractivity contribution in [1.29, 1.82) is 0 Å². The van der Waals surface area contributed by atoms with Gasteiger partial charge in [0.1, 0.15) is 25.5 Å². The number of rotatable bonds is 17. The molecule has 1 aliphatic heterocycles. The summed E-state index contributed by atoms with van der Waals surface area (Å²) < 4.78 is 40.5. The van der Waals surface area contributed by atoms with Crippen LogP contribution in [0.2, 0.25) is 0 Å². The summed E-state index contributed by atoms with van der Waals surface area (Å²) in [7, 11) is 5.23. The summed E-state index contributed by atoms with van der Waals surface area (Å²) >= 11 is 0. The normalized spacial score (nSPS) is 18.6. The van der Waals surface area contributed by atoms with Crippen LogP contribution in [0.4, 0.5) is 26.0 Å². The van der Waals surface area contributed by atoms with E-state index >= 15 is 4.39 Å². The van der Waals surface area contributed by atoms with Gasteiger partial charge >= 0.3 is 0 Å². The SMILES string of the molecule is C=O.CNCCc1nn(-c2cc(C)c(F)c(C)c2)c(N(C)/C=C\N(C=O)c2ccc3c(cnn3C3CC3)c2F)c1C/C=C/c1cc(C2CCOC(C)(C)C2)ccc1N.CO/N=C(\NC=O)C1CC1C. The monoisotopic (exact) mass is 949 g/mol. The predicted octanol–water partition coefficient (Wildman–Crippen LogP) is 8.46. The van der Waals surface area contributed by atoms with Crippen LogP contribution < -0.4 is 26.2 Å². The molecule has 2 saturated carbocycles. The van der Waals surface area contributed by atoms with Gasteiger partial charge < -0.3 is 35.6 Å². The average Bonchev–Trinajstić information content (AvgIpc) is 4.24. The zero-order valence-electron chi connectivity index (χ0n) is 41.0. The van der Waals surface area contributed by atoms with E-state index in [1.165, 1.54) is 30.0 Å². The third kappa shape index (κ3) is 12.3. The van der Waals surface area contributed by atoms with Gasteiger partial charge in [-0.3, -0.25) is 19.2 Å². The van der Waals surface area contributed by atoms with Gasteiger partial charge in [0, 0.05) is 56.2 Å². The number of ether oxygens (including phenoxy) is 1. The average molecular weight is 949 g/mol. The molecular formula is C52H66F2N10O5. The molecule has 2 aromatic heterocycles. The molecule has 368 valence electrons.